The summed E-state index contributed by atoms with van der Waals surface area (Å²) in [7, 11) is 0. The van der Waals surface area contributed by atoms with Crippen LogP contribution in [0.5, 0.6) is 0 Å². The van der Waals surface area contributed by atoms with E-state index in [0.717, 1.165) is 39.6 Å². The predicted octanol–water partition coefficient (Wildman–Crippen LogP) is 4.88. The Hall–Kier alpha value is -6.70. The fourth-order valence-electron chi connectivity index (χ4n) is 5.92. The van der Waals surface area contributed by atoms with Crippen LogP contribution in [-0.4, -0.2) is 65.7 Å². The molecule has 4 aromatic carbocycles. The van der Waals surface area contributed by atoms with E-state index in [1.807, 2.05) is 78.9 Å². The molecule has 0 saturated carbocycles. The molecule has 0 spiro atoms. The lowest BCUT2D eigenvalue weighted by Crippen LogP contribution is -2.42. The van der Waals surface area contributed by atoms with Gasteiger partial charge in [-0.15, -0.1) is 5.06 Å². The third-order valence-electron chi connectivity index (χ3n) is 8.25. The molecule has 2 aliphatic rings. The summed E-state index contributed by atoms with van der Waals surface area (Å²) < 4.78 is 10.7. The number of hydrogen-bond donors (Lipinski definition) is 3. The molecule has 1 heterocycles. The zero-order valence-electron chi connectivity index (χ0n) is 27.5. The molecular formula is C37H34N6O8. The van der Waals surface area contributed by atoms with Gasteiger partial charge in [0, 0.05) is 12.8 Å². The molecule has 14 heteroatoms. The Balaban J connectivity index is 1.03. The van der Waals surface area contributed by atoms with Crippen molar-refractivity contribution in [3.05, 3.63) is 125 Å². The molecule has 260 valence electrons. The lowest BCUT2D eigenvalue weighted by atomic mass is 9.98. The molecule has 1 aliphatic heterocycles. The van der Waals surface area contributed by atoms with Crippen LogP contribution in [0.1, 0.15) is 41.1 Å². The second kappa shape index (κ2) is 15.2. The van der Waals surface area contributed by atoms with E-state index >= 15 is 0 Å². The SMILES string of the molecule is CC(=O)ON(CCN1C(=O)NC(c2ccc(N=C(N)NC(=O)OCc3ccccc3)cc2)C1=O)C(=O)OCC1c2ccccc2-c2ccccc21. The highest BCUT2D eigenvalue weighted by Crippen LogP contribution is 2.44. The second-order valence-corrected chi connectivity index (χ2v) is 11.6. The van der Waals surface area contributed by atoms with Crippen molar-refractivity contribution in [2.75, 3.05) is 19.7 Å². The zero-order chi connectivity index (χ0) is 35.9. The summed E-state index contributed by atoms with van der Waals surface area (Å²) in [4.78, 5) is 73.4. The molecule has 1 unspecified atom stereocenters. The maximum atomic E-state index is 13.3. The Labute approximate surface area is 292 Å². The lowest BCUT2D eigenvalue weighted by molar-refractivity contribution is -0.179. The maximum Gasteiger partial charge on any atom is 0.443 e. The first kappa shape index (κ1) is 34.2. The largest absolute Gasteiger partial charge is 0.446 e. The quantitative estimate of drug-likeness (QED) is 0.0954. The van der Waals surface area contributed by atoms with Crippen LogP contribution in [0, 0.1) is 0 Å². The molecule has 4 N–H and O–H groups in total. The number of hydrogen-bond acceptors (Lipinski definition) is 9. The minimum Gasteiger partial charge on any atom is -0.446 e. The third kappa shape index (κ3) is 7.96. The number of hydroxylamine groups is 2. The van der Waals surface area contributed by atoms with Crippen LogP contribution < -0.4 is 16.4 Å². The normalized spacial score (nSPS) is 15.0. The summed E-state index contributed by atoms with van der Waals surface area (Å²) >= 11 is 0. The van der Waals surface area contributed by atoms with E-state index in [-0.39, 0.29) is 38.2 Å². The van der Waals surface area contributed by atoms with Gasteiger partial charge >= 0.3 is 24.2 Å². The first-order chi connectivity index (χ1) is 24.7. The minimum absolute atomic E-state index is 0.0179. The predicted molar refractivity (Wildman–Crippen MR) is 184 cm³/mol. The molecule has 0 bridgehead atoms. The minimum atomic E-state index is -1.02. The van der Waals surface area contributed by atoms with Gasteiger partial charge in [0.25, 0.3) is 5.91 Å². The number of carbonyl (C=O) groups excluding carboxylic acids is 5. The van der Waals surface area contributed by atoms with Gasteiger partial charge in [0.1, 0.15) is 19.3 Å². The molecule has 51 heavy (non-hydrogen) atoms. The van der Waals surface area contributed by atoms with Crippen molar-refractivity contribution >= 4 is 41.7 Å². The van der Waals surface area contributed by atoms with Crippen LogP contribution in [0.3, 0.4) is 0 Å². The van der Waals surface area contributed by atoms with Crippen molar-refractivity contribution in [3.63, 3.8) is 0 Å². The molecule has 1 fully saturated rings. The van der Waals surface area contributed by atoms with Gasteiger partial charge < -0.3 is 25.4 Å². The van der Waals surface area contributed by atoms with Crippen LogP contribution in [-0.2, 0) is 30.5 Å². The molecule has 6 rings (SSSR count). The van der Waals surface area contributed by atoms with Crippen molar-refractivity contribution in [1.29, 1.82) is 0 Å². The van der Waals surface area contributed by atoms with Crippen LogP contribution >= 0.6 is 0 Å². The van der Waals surface area contributed by atoms with Gasteiger partial charge in [-0.2, -0.15) is 0 Å². The van der Waals surface area contributed by atoms with E-state index in [2.05, 4.69) is 15.6 Å². The summed E-state index contributed by atoms with van der Waals surface area (Å²) in [6.45, 7) is 0.571. The number of alkyl carbamates (subject to hydrolysis) is 1. The maximum absolute atomic E-state index is 13.3. The average molecular weight is 691 g/mol. The monoisotopic (exact) mass is 690 g/mol. The molecule has 1 atom stereocenters. The number of benzene rings is 4. The Bertz CT molecular complexity index is 1940. The van der Waals surface area contributed by atoms with E-state index in [0.29, 0.717) is 16.3 Å². The van der Waals surface area contributed by atoms with Crippen molar-refractivity contribution < 1.29 is 38.3 Å². The van der Waals surface area contributed by atoms with Crippen molar-refractivity contribution in [2.24, 2.45) is 10.7 Å². The van der Waals surface area contributed by atoms with Gasteiger partial charge in [-0.05, 0) is 45.5 Å². The summed E-state index contributed by atoms with van der Waals surface area (Å²) in [6.07, 6.45) is -1.72. The summed E-state index contributed by atoms with van der Waals surface area (Å²) in [5.74, 6) is -1.78. The number of carbonyl (C=O) groups is 5. The van der Waals surface area contributed by atoms with E-state index in [1.54, 1.807) is 24.3 Å². The topological polar surface area (TPSA) is 182 Å². The summed E-state index contributed by atoms with van der Waals surface area (Å²) in [5, 5.41) is 5.66. The average Bonchev–Trinajstić information content (AvgIpc) is 3.60. The third-order valence-corrected chi connectivity index (χ3v) is 8.25. The van der Waals surface area contributed by atoms with Crippen LogP contribution in [0.2, 0.25) is 0 Å². The van der Waals surface area contributed by atoms with Crippen LogP contribution in [0.4, 0.5) is 20.1 Å². The molecule has 1 aliphatic carbocycles. The number of ether oxygens (including phenoxy) is 2. The Morgan fingerprint density at radius 3 is 2.14 bits per heavy atom. The first-order valence-corrected chi connectivity index (χ1v) is 16.0. The Morgan fingerprint density at radius 2 is 1.49 bits per heavy atom. The van der Waals surface area contributed by atoms with Gasteiger partial charge in [0.15, 0.2) is 0 Å². The van der Waals surface area contributed by atoms with Crippen molar-refractivity contribution in [2.45, 2.75) is 25.5 Å². The van der Waals surface area contributed by atoms with Crippen molar-refractivity contribution in [3.8, 4) is 11.1 Å². The van der Waals surface area contributed by atoms with Gasteiger partial charge in [-0.25, -0.2) is 19.4 Å². The number of imide groups is 1. The van der Waals surface area contributed by atoms with Crippen molar-refractivity contribution in [1.82, 2.24) is 20.6 Å². The van der Waals surface area contributed by atoms with E-state index in [9.17, 15) is 24.0 Å². The van der Waals surface area contributed by atoms with Gasteiger partial charge in [-0.1, -0.05) is 91.0 Å². The number of guanidine groups is 1. The number of fused-ring (bicyclic) bond motifs is 3. The van der Waals surface area contributed by atoms with Gasteiger partial charge in [0.05, 0.1) is 18.8 Å². The first-order valence-electron chi connectivity index (χ1n) is 16.0. The molecule has 0 aromatic heterocycles. The number of nitrogens with zero attached hydrogens (tertiary/aromatic N) is 3. The highest BCUT2D eigenvalue weighted by molar-refractivity contribution is 6.04. The Morgan fingerprint density at radius 1 is 0.863 bits per heavy atom. The molecule has 1 saturated heterocycles. The Kier molecular flexibility index (Phi) is 10.2. The molecule has 0 radical (unpaired) electrons. The summed E-state index contributed by atoms with van der Waals surface area (Å²) in [6, 6.07) is 29.4. The van der Waals surface area contributed by atoms with Gasteiger partial charge in [0.2, 0.25) is 5.96 Å². The van der Waals surface area contributed by atoms with E-state index in [4.69, 9.17) is 20.0 Å². The lowest BCUT2D eigenvalue weighted by Gasteiger charge is -2.23. The second-order valence-electron chi connectivity index (χ2n) is 11.6. The molecule has 4 aromatic rings. The summed E-state index contributed by atoms with van der Waals surface area (Å²) in [5.41, 5.74) is 11.6. The fourth-order valence-corrected chi connectivity index (χ4v) is 5.92. The standard InChI is InChI=1S/C37H34N6O8/c1-23(44)51-43(37(48)50-22-31-29-13-7-5-11-27(29)28-12-6-8-14-30(28)31)20-19-42-33(45)32(40-35(42)46)25-15-17-26(18-16-25)39-34(38)41-36(47)49-21-24-9-3-2-4-10-24/h2-18,31-32H,19-22H2,1H3,(H,40,46)(H3,38,39,41,47). The smallest absolute Gasteiger partial charge is 0.443 e. The number of nitrogens with one attached hydrogen (secondary N) is 2. The molecule has 14 nitrogen and oxygen atoms in total. The van der Waals surface area contributed by atoms with Gasteiger partial charge in [-0.3, -0.25) is 19.8 Å². The fraction of sp³-hybridized carbons (Fsp3) is 0.189. The number of aliphatic imine (C=N–C) groups is 1. The number of amides is 5. The number of urea groups is 1. The zero-order valence-corrected chi connectivity index (χ0v) is 27.5. The number of nitrogens with two attached hydrogens (primary N) is 1. The highest BCUT2D eigenvalue weighted by atomic mass is 16.7. The number of rotatable bonds is 9. The van der Waals surface area contributed by atoms with E-state index in [1.165, 1.54) is 0 Å². The molecule has 5 amide bonds. The highest BCUT2D eigenvalue weighted by Gasteiger charge is 2.39. The van der Waals surface area contributed by atoms with Crippen LogP contribution in [0.15, 0.2) is 108 Å². The molecular weight excluding hydrogens is 656 g/mol. The van der Waals surface area contributed by atoms with E-state index < -0.39 is 36.1 Å². The van der Waals surface area contributed by atoms with Crippen LogP contribution in [0.25, 0.3) is 11.1 Å².